The molecule has 15 heavy (non-hydrogen) atoms. The van der Waals surface area contributed by atoms with Crippen molar-refractivity contribution in [2.45, 2.75) is 32.8 Å². The van der Waals surface area contributed by atoms with Gasteiger partial charge in [-0.25, -0.2) is 4.79 Å². The third-order valence-electron chi connectivity index (χ3n) is 2.17. The summed E-state index contributed by atoms with van der Waals surface area (Å²) in [5, 5.41) is 10.6. The lowest BCUT2D eigenvalue weighted by molar-refractivity contribution is -0.310. The number of carboxylic acid groups (broad SMARTS) is 1. The molecular formula is C10H16NO4-. The molecule has 1 saturated heterocycles. The minimum Gasteiger partial charge on any atom is -0.550 e. The van der Waals surface area contributed by atoms with Crippen molar-refractivity contribution in [2.75, 3.05) is 13.1 Å². The second-order valence-corrected chi connectivity index (χ2v) is 4.73. The van der Waals surface area contributed by atoms with Crippen LogP contribution in [0, 0.1) is 5.92 Å². The van der Waals surface area contributed by atoms with E-state index in [1.165, 1.54) is 4.90 Å². The normalized spacial score (nSPS) is 21.5. The zero-order valence-electron chi connectivity index (χ0n) is 9.28. The number of likely N-dealkylation sites (tertiary alicyclic amines) is 1. The summed E-state index contributed by atoms with van der Waals surface area (Å²) in [4.78, 5) is 23.5. The van der Waals surface area contributed by atoms with Crippen LogP contribution in [0.15, 0.2) is 0 Å². The van der Waals surface area contributed by atoms with Gasteiger partial charge in [-0.1, -0.05) is 0 Å². The van der Waals surface area contributed by atoms with Crippen LogP contribution >= 0.6 is 0 Å². The fourth-order valence-electron chi connectivity index (χ4n) is 1.44. The van der Waals surface area contributed by atoms with Gasteiger partial charge in [-0.2, -0.15) is 0 Å². The molecule has 5 nitrogen and oxygen atoms in total. The highest BCUT2D eigenvalue weighted by molar-refractivity contribution is 5.73. The van der Waals surface area contributed by atoms with Crippen LogP contribution in [-0.2, 0) is 9.53 Å². The Labute approximate surface area is 89.0 Å². The second-order valence-electron chi connectivity index (χ2n) is 4.73. The molecule has 0 spiro atoms. The maximum Gasteiger partial charge on any atom is 0.410 e. The minimum absolute atomic E-state index is 0.192. The van der Waals surface area contributed by atoms with Crippen molar-refractivity contribution in [3.8, 4) is 0 Å². The van der Waals surface area contributed by atoms with E-state index in [9.17, 15) is 14.7 Å². The van der Waals surface area contributed by atoms with Crippen LogP contribution in [0.1, 0.15) is 27.2 Å². The molecule has 1 aliphatic heterocycles. The number of hydrogen-bond donors (Lipinski definition) is 0. The number of amides is 1. The van der Waals surface area contributed by atoms with Gasteiger partial charge < -0.3 is 19.5 Å². The maximum absolute atomic E-state index is 11.5. The van der Waals surface area contributed by atoms with Crippen molar-refractivity contribution in [3.05, 3.63) is 0 Å². The third kappa shape index (κ3) is 3.42. The molecule has 1 rings (SSSR count). The van der Waals surface area contributed by atoms with E-state index in [0.717, 1.165) is 0 Å². The smallest absolute Gasteiger partial charge is 0.410 e. The predicted molar refractivity (Wildman–Crippen MR) is 50.9 cm³/mol. The molecule has 1 heterocycles. The Morgan fingerprint density at radius 3 is 2.40 bits per heavy atom. The molecule has 0 aromatic carbocycles. The van der Waals surface area contributed by atoms with Crippen LogP contribution in [0.25, 0.3) is 0 Å². The molecule has 0 radical (unpaired) electrons. The van der Waals surface area contributed by atoms with Crippen molar-refractivity contribution in [2.24, 2.45) is 5.92 Å². The molecule has 0 unspecified atom stereocenters. The average molecular weight is 214 g/mol. The molecule has 5 heteroatoms. The van der Waals surface area contributed by atoms with Crippen molar-refractivity contribution in [1.82, 2.24) is 4.90 Å². The second kappa shape index (κ2) is 4.08. The van der Waals surface area contributed by atoms with E-state index in [1.807, 2.05) is 0 Å². The van der Waals surface area contributed by atoms with Crippen molar-refractivity contribution in [1.29, 1.82) is 0 Å². The molecule has 1 fully saturated rings. The summed E-state index contributed by atoms with van der Waals surface area (Å²) < 4.78 is 5.12. The summed E-state index contributed by atoms with van der Waals surface area (Å²) in [7, 11) is 0. The van der Waals surface area contributed by atoms with Gasteiger partial charge in [0.2, 0.25) is 0 Å². The quantitative estimate of drug-likeness (QED) is 0.615. The Morgan fingerprint density at radius 1 is 1.40 bits per heavy atom. The Kier molecular flexibility index (Phi) is 3.21. The summed E-state index contributed by atoms with van der Waals surface area (Å²) in [6.07, 6.45) is -0.00654. The Balaban J connectivity index is 2.47. The van der Waals surface area contributed by atoms with Gasteiger partial charge in [0.05, 0.1) is 0 Å². The lowest BCUT2D eigenvalue weighted by atomic mass is 10.1. The molecular weight excluding hydrogens is 198 g/mol. The van der Waals surface area contributed by atoms with E-state index in [-0.39, 0.29) is 6.54 Å². The predicted octanol–water partition coefficient (Wildman–Crippen LogP) is -0.00670. The third-order valence-corrected chi connectivity index (χ3v) is 2.17. The van der Waals surface area contributed by atoms with Gasteiger partial charge in [0, 0.05) is 25.0 Å². The summed E-state index contributed by atoms with van der Waals surface area (Å²) >= 11 is 0. The minimum atomic E-state index is -1.10. The number of carbonyl (C=O) groups is 2. The topological polar surface area (TPSA) is 69.7 Å². The molecule has 0 saturated carbocycles. The summed E-state index contributed by atoms with van der Waals surface area (Å²) in [6.45, 7) is 5.94. The van der Waals surface area contributed by atoms with Crippen LogP contribution in [0.5, 0.6) is 0 Å². The highest BCUT2D eigenvalue weighted by atomic mass is 16.6. The van der Waals surface area contributed by atoms with Crippen LogP contribution in [0.2, 0.25) is 0 Å². The number of ether oxygens (including phenoxy) is 1. The summed E-state index contributed by atoms with van der Waals surface area (Å²) in [6, 6.07) is 0. The van der Waals surface area contributed by atoms with Crippen LogP contribution < -0.4 is 5.11 Å². The fourth-order valence-corrected chi connectivity index (χ4v) is 1.44. The number of carbonyl (C=O) groups excluding carboxylic acids is 2. The van der Waals surface area contributed by atoms with Gasteiger partial charge >= 0.3 is 6.09 Å². The number of rotatable bonds is 1. The molecule has 0 aromatic heterocycles. The monoisotopic (exact) mass is 214 g/mol. The maximum atomic E-state index is 11.5. The fraction of sp³-hybridized carbons (Fsp3) is 0.800. The first kappa shape index (κ1) is 11.8. The van der Waals surface area contributed by atoms with Gasteiger partial charge in [0.25, 0.3) is 0 Å². The van der Waals surface area contributed by atoms with Gasteiger partial charge in [-0.05, 0) is 27.2 Å². The highest BCUT2D eigenvalue weighted by Crippen LogP contribution is 2.18. The average Bonchev–Trinajstić information content (AvgIpc) is 2.47. The standard InChI is InChI=1S/C10H17NO4/c1-10(2,3)15-9(14)11-5-4-7(6-11)8(12)13/h7H,4-6H2,1-3H3,(H,12,13)/p-1/t7-/m0/s1. The molecule has 1 atom stereocenters. The molecule has 1 aliphatic rings. The number of aliphatic carboxylic acids is 1. The van der Waals surface area contributed by atoms with Crippen molar-refractivity contribution >= 4 is 12.1 Å². The summed E-state index contributed by atoms with van der Waals surface area (Å²) in [5.74, 6) is -1.65. The molecule has 1 amide bonds. The van der Waals surface area contributed by atoms with Gasteiger partial charge in [0.15, 0.2) is 0 Å². The first-order valence-electron chi connectivity index (χ1n) is 4.98. The van der Waals surface area contributed by atoms with E-state index in [1.54, 1.807) is 20.8 Å². The Bertz CT molecular complexity index is 269. The van der Waals surface area contributed by atoms with Crippen molar-refractivity contribution < 1.29 is 19.4 Å². The molecule has 0 aliphatic carbocycles. The van der Waals surface area contributed by atoms with E-state index in [4.69, 9.17) is 4.74 Å². The zero-order valence-corrected chi connectivity index (χ0v) is 9.28. The lowest BCUT2D eigenvalue weighted by Gasteiger charge is -2.24. The van der Waals surface area contributed by atoms with Crippen molar-refractivity contribution in [3.63, 3.8) is 0 Å². The van der Waals surface area contributed by atoms with E-state index in [0.29, 0.717) is 13.0 Å². The van der Waals surface area contributed by atoms with E-state index in [2.05, 4.69) is 0 Å². The molecule has 86 valence electrons. The number of hydrogen-bond acceptors (Lipinski definition) is 4. The highest BCUT2D eigenvalue weighted by Gasteiger charge is 2.30. The lowest BCUT2D eigenvalue weighted by Crippen LogP contribution is -2.38. The molecule has 0 bridgehead atoms. The SMILES string of the molecule is CC(C)(C)OC(=O)N1CC[C@H](C(=O)[O-])C1. The van der Waals surface area contributed by atoms with Crippen LogP contribution in [-0.4, -0.2) is 35.7 Å². The van der Waals surface area contributed by atoms with Gasteiger partial charge in [-0.3, -0.25) is 0 Å². The van der Waals surface area contributed by atoms with Gasteiger partial charge in [0.1, 0.15) is 5.60 Å². The summed E-state index contributed by atoms with van der Waals surface area (Å²) in [5.41, 5.74) is -0.545. The molecule has 0 aromatic rings. The first-order chi connectivity index (χ1) is 6.79. The molecule has 0 N–H and O–H groups in total. The van der Waals surface area contributed by atoms with E-state index < -0.39 is 23.6 Å². The Hall–Kier alpha value is -1.26. The zero-order chi connectivity index (χ0) is 11.6. The van der Waals surface area contributed by atoms with Crippen LogP contribution in [0.3, 0.4) is 0 Å². The van der Waals surface area contributed by atoms with Crippen LogP contribution in [0.4, 0.5) is 4.79 Å². The number of carboxylic acids is 1. The number of nitrogens with zero attached hydrogens (tertiary/aromatic N) is 1. The largest absolute Gasteiger partial charge is 0.550 e. The first-order valence-corrected chi connectivity index (χ1v) is 4.98. The Morgan fingerprint density at radius 2 is 2.00 bits per heavy atom. The van der Waals surface area contributed by atoms with E-state index >= 15 is 0 Å². The van der Waals surface area contributed by atoms with Gasteiger partial charge in [-0.15, -0.1) is 0 Å².